The number of hydrogen-bond donors (Lipinski definition) is 3. The van der Waals surface area contributed by atoms with Crippen molar-refractivity contribution in [1.82, 2.24) is 10.6 Å². The molecule has 0 aliphatic heterocycles. The van der Waals surface area contributed by atoms with Crippen LogP contribution in [0, 0.1) is 11.3 Å². The SMILES string of the molecule is CNC(=O)CNC(=O)C1(C(N)=S)CC(C)C1. The quantitative estimate of drug-likeness (QED) is 0.584. The van der Waals surface area contributed by atoms with E-state index in [9.17, 15) is 9.59 Å². The van der Waals surface area contributed by atoms with Crippen LogP contribution in [-0.2, 0) is 9.59 Å². The fourth-order valence-corrected chi connectivity index (χ4v) is 2.31. The van der Waals surface area contributed by atoms with Crippen molar-refractivity contribution in [3.8, 4) is 0 Å². The van der Waals surface area contributed by atoms with Gasteiger partial charge in [-0.05, 0) is 18.8 Å². The molecular weight excluding hydrogens is 226 g/mol. The van der Waals surface area contributed by atoms with Crippen LogP contribution >= 0.6 is 12.2 Å². The first kappa shape index (κ1) is 12.9. The lowest BCUT2D eigenvalue weighted by Crippen LogP contribution is -2.56. The minimum Gasteiger partial charge on any atom is -0.392 e. The standard InChI is InChI=1S/C10H17N3O2S/c1-6-3-10(4-6,8(11)16)9(15)13-5-7(14)12-2/h6H,3-5H2,1-2H3,(H2,11,16)(H,12,14)(H,13,15). The molecule has 2 amide bonds. The molecule has 0 aromatic carbocycles. The maximum Gasteiger partial charge on any atom is 0.239 e. The molecule has 0 unspecified atom stereocenters. The van der Waals surface area contributed by atoms with Gasteiger partial charge in [0.25, 0.3) is 0 Å². The van der Waals surface area contributed by atoms with Gasteiger partial charge >= 0.3 is 0 Å². The molecule has 1 saturated carbocycles. The summed E-state index contributed by atoms with van der Waals surface area (Å²) in [7, 11) is 1.52. The van der Waals surface area contributed by atoms with Crippen molar-refractivity contribution >= 4 is 29.0 Å². The fourth-order valence-electron chi connectivity index (χ4n) is 2.05. The Hall–Kier alpha value is -1.17. The zero-order chi connectivity index (χ0) is 12.3. The predicted molar refractivity (Wildman–Crippen MR) is 64.7 cm³/mol. The molecule has 0 saturated heterocycles. The van der Waals surface area contributed by atoms with Crippen molar-refractivity contribution in [3.63, 3.8) is 0 Å². The number of likely N-dealkylation sites (N-methyl/N-ethyl adjacent to an activating group) is 1. The van der Waals surface area contributed by atoms with Gasteiger partial charge in [0.1, 0.15) is 0 Å². The summed E-state index contributed by atoms with van der Waals surface area (Å²) in [6.07, 6.45) is 1.34. The molecular formula is C10H17N3O2S. The zero-order valence-electron chi connectivity index (χ0n) is 9.50. The van der Waals surface area contributed by atoms with E-state index in [2.05, 4.69) is 10.6 Å². The Labute approximate surface area is 100 Å². The van der Waals surface area contributed by atoms with Crippen LogP contribution in [0.2, 0.25) is 0 Å². The van der Waals surface area contributed by atoms with Crippen molar-refractivity contribution in [1.29, 1.82) is 0 Å². The Kier molecular flexibility index (Phi) is 3.85. The van der Waals surface area contributed by atoms with E-state index in [1.807, 2.05) is 6.92 Å². The molecule has 1 aliphatic rings. The highest BCUT2D eigenvalue weighted by atomic mass is 32.1. The highest BCUT2D eigenvalue weighted by molar-refractivity contribution is 7.80. The number of rotatable bonds is 4. The van der Waals surface area contributed by atoms with Crippen LogP contribution in [0.15, 0.2) is 0 Å². The molecule has 0 radical (unpaired) electrons. The molecule has 4 N–H and O–H groups in total. The number of amides is 2. The van der Waals surface area contributed by atoms with Crippen molar-refractivity contribution in [3.05, 3.63) is 0 Å². The van der Waals surface area contributed by atoms with Crippen LogP contribution in [0.5, 0.6) is 0 Å². The average molecular weight is 243 g/mol. The molecule has 1 fully saturated rings. The molecule has 16 heavy (non-hydrogen) atoms. The first-order valence-corrected chi connectivity index (χ1v) is 5.62. The van der Waals surface area contributed by atoms with Crippen LogP contribution in [0.3, 0.4) is 0 Å². The van der Waals surface area contributed by atoms with Gasteiger partial charge < -0.3 is 16.4 Å². The van der Waals surface area contributed by atoms with Crippen molar-refractivity contribution in [2.75, 3.05) is 13.6 Å². The molecule has 0 bridgehead atoms. The summed E-state index contributed by atoms with van der Waals surface area (Å²) in [4.78, 5) is 23.1. The van der Waals surface area contributed by atoms with Crippen molar-refractivity contribution in [2.45, 2.75) is 19.8 Å². The largest absolute Gasteiger partial charge is 0.392 e. The minimum absolute atomic E-state index is 0.0337. The van der Waals surface area contributed by atoms with Gasteiger partial charge in [0, 0.05) is 7.05 Å². The average Bonchev–Trinajstić information content (AvgIpc) is 2.19. The van der Waals surface area contributed by atoms with Gasteiger partial charge in [0.2, 0.25) is 11.8 Å². The summed E-state index contributed by atoms with van der Waals surface area (Å²) in [5.41, 5.74) is 4.87. The molecule has 0 spiro atoms. The number of carbonyl (C=O) groups excluding carboxylic acids is 2. The number of carbonyl (C=O) groups is 2. The van der Waals surface area contributed by atoms with E-state index in [4.69, 9.17) is 18.0 Å². The molecule has 6 heteroatoms. The van der Waals surface area contributed by atoms with Crippen LogP contribution in [0.25, 0.3) is 0 Å². The second-order valence-electron chi connectivity index (χ2n) is 4.32. The van der Waals surface area contributed by atoms with Gasteiger partial charge in [-0.1, -0.05) is 19.1 Å². The van der Waals surface area contributed by atoms with E-state index in [0.717, 1.165) is 0 Å². The molecule has 1 aliphatic carbocycles. The summed E-state index contributed by atoms with van der Waals surface area (Å²) < 4.78 is 0. The summed E-state index contributed by atoms with van der Waals surface area (Å²) in [6, 6.07) is 0. The lowest BCUT2D eigenvalue weighted by atomic mass is 9.62. The van der Waals surface area contributed by atoms with Gasteiger partial charge in [0.05, 0.1) is 16.9 Å². The van der Waals surface area contributed by atoms with Gasteiger partial charge in [0.15, 0.2) is 0 Å². The van der Waals surface area contributed by atoms with Gasteiger partial charge in [-0.25, -0.2) is 0 Å². The summed E-state index contributed by atoms with van der Waals surface area (Å²) in [5.74, 6) is -0.0206. The van der Waals surface area contributed by atoms with Crippen LogP contribution in [0.4, 0.5) is 0 Å². The lowest BCUT2D eigenvalue weighted by molar-refractivity contribution is -0.134. The Morgan fingerprint density at radius 3 is 2.44 bits per heavy atom. The molecule has 5 nitrogen and oxygen atoms in total. The number of nitrogens with one attached hydrogen (secondary N) is 2. The van der Waals surface area contributed by atoms with Crippen LogP contribution in [-0.4, -0.2) is 30.4 Å². The van der Waals surface area contributed by atoms with E-state index < -0.39 is 5.41 Å². The predicted octanol–water partition coefficient (Wildman–Crippen LogP) is -0.449. The second kappa shape index (κ2) is 4.78. The van der Waals surface area contributed by atoms with Gasteiger partial charge in [-0.2, -0.15) is 0 Å². The number of nitrogens with two attached hydrogens (primary N) is 1. The highest BCUT2D eigenvalue weighted by Crippen LogP contribution is 2.45. The summed E-state index contributed by atoms with van der Waals surface area (Å²) >= 11 is 4.93. The van der Waals surface area contributed by atoms with Crippen molar-refractivity contribution < 1.29 is 9.59 Å². The molecule has 0 atom stereocenters. The topological polar surface area (TPSA) is 84.2 Å². The fraction of sp³-hybridized carbons (Fsp3) is 0.700. The minimum atomic E-state index is -0.733. The van der Waals surface area contributed by atoms with E-state index in [-0.39, 0.29) is 23.3 Å². The monoisotopic (exact) mass is 243 g/mol. The van der Waals surface area contributed by atoms with E-state index in [0.29, 0.717) is 18.8 Å². The first-order chi connectivity index (χ1) is 7.42. The number of thiocarbonyl (C=S) groups is 1. The van der Waals surface area contributed by atoms with Gasteiger partial charge in [-0.3, -0.25) is 9.59 Å². The number of hydrogen-bond acceptors (Lipinski definition) is 3. The zero-order valence-corrected chi connectivity index (χ0v) is 10.3. The Morgan fingerprint density at radius 1 is 1.50 bits per heavy atom. The lowest BCUT2D eigenvalue weighted by Gasteiger charge is -2.44. The normalized spacial score (nSPS) is 27.8. The third-order valence-electron chi connectivity index (χ3n) is 2.99. The highest BCUT2D eigenvalue weighted by Gasteiger charge is 2.50. The maximum atomic E-state index is 11.9. The molecule has 0 aromatic rings. The molecule has 0 heterocycles. The van der Waals surface area contributed by atoms with E-state index >= 15 is 0 Å². The van der Waals surface area contributed by atoms with Crippen molar-refractivity contribution in [2.24, 2.45) is 17.1 Å². The maximum absolute atomic E-state index is 11.9. The Morgan fingerprint density at radius 2 is 2.06 bits per heavy atom. The van der Waals surface area contributed by atoms with E-state index in [1.165, 1.54) is 7.05 Å². The summed E-state index contributed by atoms with van der Waals surface area (Å²) in [5, 5.41) is 4.99. The first-order valence-electron chi connectivity index (χ1n) is 5.21. The van der Waals surface area contributed by atoms with Crippen LogP contribution in [0.1, 0.15) is 19.8 Å². The molecule has 90 valence electrons. The Bertz CT molecular complexity index is 324. The van der Waals surface area contributed by atoms with E-state index in [1.54, 1.807) is 0 Å². The Balaban J connectivity index is 2.57. The molecule has 0 aromatic heterocycles. The third kappa shape index (κ3) is 2.32. The van der Waals surface area contributed by atoms with Gasteiger partial charge in [-0.15, -0.1) is 0 Å². The van der Waals surface area contributed by atoms with Crippen LogP contribution < -0.4 is 16.4 Å². The molecule has 1 rings (SSSR count). The summed E-state index contributed by atoms with van der Waals surface area (Å²) in [6.45, 7) is 2.01. The third-order valence-corrected chi connectivity index (χ3v) is 3.38. The second-order valence-corrected chi connectivity index (χ2v) is 4.76. The smallest absolute Gasteiger partial charge is 0.239 e.